The monoisotopic (exact) mass is 461 g/mol. The predicted octanol–water partition coefficient (Wildman–Crippen LogP) is 4.15. The van der Waals surface area contributed by atoms with Crippen LogP contribution in [0.15, 0.2) is 77.5 Å². The maximum atomic E-state index is 12.6. The molecule has 0 atom stereocenters. The molecule has 1 amide bonds. The van der Waals surface area contributed by atoms with Crippen LogP contribution in [-0.4, -0.2) is 35.9 Å². The number of nitrogens with one attached hydrogen (secondary N) is 1. The highest BCUT2D eigenvalue weighted by molar-refractivity contribution is 6.02. The van der Waals surface area contributed by atoms with E-state index >= 15 is 0 Å². The van der Waals surface area contributed by atoms with Crippen molar-refractivity contribution >= 4 is 17.6 Å². The van der Waals surface area contributed by atoms with Gasteiger partial charge in [0.25, 0.3) is 5.91 Å². The first-order valence-electron chi connectivity index (χ1n) is 10.4. The highest BCUT2D eigenvalue weighted by atomic mass is 16.5. The highest BCUT2D eigenvalue weighted by Crippen LogP contribution is 2.21. The molecule has 0 saturated heterocycles. The van der Waals surface area contributed by atoms with Crippen molar-refractivity contribution in [3.05, 3.63) is 95.7 Å². The minimum atomic E-state index is -0.416. The van der Waals surface area contributed by atoms with Gasteiger partial charge >= 0.3 is 5.97 Å². The van der Waals surface area contributed by atoms with Gasteiger partial charge in [0.2, 0.25) is 0 Å². The average Bonchev–Trinajstić information content (AvgIpc) is 3.52. The Bertz CT molecular complexity index is 1290. The van der Waals surface area contributed by atoms with E-state index in [1.54, 1.807) is 54.4 Å². The molecule has 4 rings (SSSR count). The summed E-state index contributed by atoms with van der Waals surface area (Å²) in [5.41, 5.74) is 1.71. The van der Waals surface area contributed by atoms with E-state index in [4.69, 9.17) is 18.6 Å². The lowest BCUT2D eigenvalue weighted by molar-refractivity contribution is 0.0599. The number of rotatable bonds is 9. The van der Waals surface area contributed by atoms with Crippen molar-refractivity contribution in [1.82, 2.24) is 9.78 Å². The summed E-state index contributed by atoms with van der Waals surface area (Å²) < 4.78 is 22.9. The van der Waals surface area contributed by atoms with Crippen LogP contribution in [0.4, 0.5) is 5.69 Å². The number of carbonyl (C=O) groups is 2. The Kier molecular flexibility index (Phi) is 6.92. The molecule has 0 spiro atoms. The highest BCUT2D eigenvalue weighted by Gasteiger charge is 2.15. The Balaban J connectivity index is 1.35. The van der Waals surface area contributed by atoms with Crippen LogP contribution >= 0.6 is 0 Å². The minimum Gasteiger partial charge on any atom is -0.497 e. The fraction of sp³-hybridized carbons (Fsp3) is 0.160. The number of carbonyl (C=O) groups excluding carboxylic acids is 2. The summed E-state index contributed by atoms with van der Waals surface area (Å²) in [6.07, 6.45) is 3.19. The van der Waals surface area contributed by atoms with Crippen molar-refractivity contribution < 1.29 is 28.2 Å². The number of furan rings is 1. The lowest BCUT2D eigenvalue weighted by atomic mass is 10.1. The van der Waals surface area contributed by atoms with Gasteiger partial charge in [0.1, 0.15) is 23.9 Å². The Morgan fingerprint density at radius 2 is 1.85 bits per heavy atom. The molecule has 0 unspecified atom stereocenters. The first kappa shape index (κ1) is 22.7. The zero-order chi connectivity index (χ0) is 23.9. The Morgan fingerprint density at radius 3 is 2.68 bits per heavy atom. The molecule has 9 heteroatoms. The van der Waals surface area contributed by atoms with Gasteiger partial charge in [-0.25, -0.2) is 4.79 Å². The summed E-state index contributed by atoms with van der Waals surface area (Å²) in [6.45, 7) is 0.506. The van der Waals surface area contributed by atoms with Crippen molar-refractivity contribution in [2.24, 2.45) is 0 Å². The number of benzene rings is 2. The van der Waals surface area contributed by atoms with Gasteiger partial charge in [-0.05, 0) is 35.9 Å². The second kappa shape index (κ2) is 10.4. The standard InChI is InChI=1S/C25H23N3O6/c1-31-19-7-5-8-20(12-19)33-16-21-10-11-23(34-21)24(29)27-18-13-26-28(15-18)14-17-6-3-4-9-22(17)25(30)32-2/h3-13,15H,14,16H2,1-2H3,(H,27,29). The zero-order valence-electron chi connectivity index (χ0n) is 18.7. The van der Waals surface area contributed by atoms with E-state index in [0.717, 1.165) is 5.56 Å². The summed E-state index contributed by atoms with van der Waals surface area (Å²) in [5.74, 6) is 1.13. The van der Waals surface area contributed by atoms with E-state index in [-0.39, 0.29) is 12.4 Å². The number of ether oxygens (including phenoxy) is 3. The summed E-state index contributed by atoms with van der Waals surface area (Å²) in [7, 11) is 2.92. The molecular formula is C25H23N3O6. The zero-order valence-corrected chi connectivity index (χ0v) is 18.7. The Labute approximate surface area is 195 Å². The number of methoxy groups -OCH3 is 2. The molecule has 0 radical (unpaired) electrons. The van der Waals surface area contributed by atoms with Crippen molar-refractivity contribution in [1.29, 1.82) is 0 Å². The van der Waals surface area contributed by atoms with E-state index in [1.165, 1.54) is 13.3 Å². The lowest BCUT2D eigenvalue weighted by Gasteiger charge is -2.07. The van der Waals surface area contributed by atoms with Crippen LogP contribution in [0, 0.1) is 0 Å². The van der Waals surface area contributed by atoms with Crippen LogP contribution in [0.25, 0.3) is 0 Å². The van der Waals surface area contributed by atoms with Gasteiger partial charge in [0, 0.05) is 12.3 Å². The van der Waals surface area contributed by atoms with Crippen molar-refractivity contribution in [3.8, 4) is 11.5 Å². The molecular weight excluding hydrogens is 438 g/mol. The molecule has 9 nitrogen and oxygen atoms in total. The van der Waals surface area contributed by atoms with Crippen LogP contribution in [0.5, 0.6) is 11.5 Å². The fourth-order valence-corrected chi connectivity index (χ4v) is 3.27. The van der Waals surface area contributed by atoms with Gasteiger partial charge in [0.15, 0.2) is 5.76 Å². The number of aromatic nitrogens is 2. The molecule has 0 aliphatic carbocycles. The third kappa shape index (κ3) is 5.44. The van der Waals surface area contributed by atoms with E-state index < -0.39 is 11.9 Å². The topological polar surface area (TPSA) is 105 Å². The number of hydrogen-bond donors (Lipinski definition) is 1. The van der Waals surface area contributed by atoms with Crippen LogP contribution in [0.3, 0.4) is 0 Å². The fourth-order valence-electron chi connectivity index (χ4n) is 3.27. The van der Waals surface area contributed by atoms with Gasteiger partial charge in [0.05, 0.1) is 38.2 Å². The van der Waals surface area contributed by atoms with Crippen molar-refractivity contribution in [2.45, 2.75) is 13.2 Å². The molecule has 2 aromatic carbocycles. The first-order chi connectivity index (χ1) is 16.6. The molecule has 0 bridgehead atoms. The van der Waals surface area contributed by atoms with E-state index in [1.807, 2.05) is 24.3 Å². The largest absolute Gasteiger partial charge is 0.497 e. The van der Waals surface area contributed by atoms with Crippen molar-refractivity contribution in [2.75, 3.05) is 19.5 Å². The van der Waals surface area contributed by atoms with Crippen LogP contribution < -0.4 is 14.8 Å². The number of hydrogen-bond acceptors (Lipinski definition) is 7. The molecule has 2 heterocycles. The molecule has 34 heavy (non-hydrogen) atoms. The van der Waals surface area contributed by atoms with Crippen LogP contribution in [0.1, 0.15) is 32.2 Å². The molecule has 174 valence electrons. The number of nitrogens with zero attached hydrogens (tertiary/aromatic N) is 2. The predicted molar refractivity (Wildman–Crippen MR) is 123 cm³/mol. The lowest BCUT2D eigenvalue weighted by Crippen LogP contribution is -2.11. The molecule has 0 fully saturated rings. The van der Waals surface area contributed by atoms with Gasteiger partial charge in [-0.2, -0.15) is 5.10 Å². The van der Waals surface area contributed by atoms with Gasteiger partial charge < -0.3 is 23.9 Å². The third-order valence-corrected chi connectivity index (χ3v) is 4.95. The second-order valence-corrected chi connectivity index (χ2v) is 7.26. The van der Waals surface area contributed by atoms with Crippen LogP contribution in [-0.2, 0) is 17.9 Å². The molecule has 0 aliphatic rings. The molecule has 2 aromatic heterocycles. The third-order valence-electron chi connectivity index (χ3n) is 4.95. The normalized spacial score (nSPS) is 10.5. The smallest absolute Gasteiger partial charge is 0.338 e. The molecule has 0 aliphatic heterocycles. The van der Waals surface area contributed by atoms with Crippen LogP contribution in [0.2, 0.25) is 0 Å². The maximum Gasteiger partial charge on any atom is 0.338 e. The summed E-state index contributed by atoms with van der Waals surface area (Å²) in [4.78, 5) is 24.5. The summed E-state index contributed by atoms with van der Waals surface area (Å²) >= 11 is 0. The quantitative estimate of drug-likeness (QED) is 0.373. The van der Waals surface area contributed by atoms with Gasteiger partial charge in [-0.3, -0.25) is 9.48 Å². The number of anilines is 1. The molecule has 0 saturated carbocycles. The van der Waals surface area contributed by atoms with Gasteiger partial charge in [-0.1, -0.05) is 24.3 Å². The van der Waals surface area contributed by atoms with Crippen molar-refractivity contribution in [3.63, 3.8) is 0 Å². The first-order valence-corrected chi connectivity index (χ1v) is 10.4. The minimum absolute atomic E-state index is 0.146. The molecule has 4 aromatic rings. The number of esters is 1. The average molecular weight is 461 g/mol. The van der Waals surface area contributed by atoms with Gasteiger partial charge in [-0.15, -0.1) is 0 Å². The Morgan fingerprint density at radius 1 is 1.03 bits per heavy atom. The summed E-state index contributed by atoms with van der Waals surface area (Å²) in [5, 5.41) is 7.01. The van der Waals surface area contributed by atoms with E-state index in [9.17, 15) is 9.59 Å². The second-order valence-electron chi connectivity index (χ2n) is 7.26. The number of amides is 1. The van der Waals surface area contributed by atoms with E-state index in [0.29, 0.717) is 35.1 Å². The summed E-state index contributed by atoms with van der Waals surface area (Å²) in [6, 6.07) is 17.6. The maximum absolute atomic E-state index is 12.6. The Hall–Kier alpha value is -4.53. The van der Waals surface area contributed by atoms with E-state index in [2.05, 4.69) is 10.4 Å². The SMILES string of the molecule is COC(=O)c1ccccc1Cn1cc(NC(=O)c2ccc(COc3cccc(OC)c3)o2)cn1. The molecule has 1 N–H and O–H groups in total.